The van der Waals surface area contributed by atoms with Gasteiger partial charge in [0.15, 0.2) is 0 Å². The number of nitrogens with zero attached hydrogens (tertiary/aromatic N) is 2. The van der Waals surface area contributed by atoms with Gasteiger partial charge in [-0.3, -0.25) is 29.2 Å². The summed E-state index contributed by atoms with van der Waals surface area (Å²) >= 11 is 4.69. The first kappa shape index (κ1) is 27.6. The summed E-state index contributed by atoms with van der Waals surface area (Å²) in [4.78, 5) is 88.3. The van der Waals surface area contributed by atoms with Crippen molar-refractivity contribution in [2.24, 2.45) is 0 Å². The van der Waals surface area contributed by atoms with Gasteiger partial charge in [0, 0.05) is 25.7 Å². The molecule has 2 fully saturated rings. The second kappa shape index (κ2) is 13.8. The molecule has 0 atom stereocenters. The molecule has 2 aliphatic heterocycles. The topological polar surface area (TPSA) is 191 Å². The van der Waals surface area contributed by atoms with Crippen LogP contribution in [0, 0.1) is 0 Å². The smallest absolute Gasteiger partial charge is 0.442 e. The van der Waals surface area contributed by atoms with E-state index in [2.05, 4.69) is 14.3 Å². The molecule has 14 nitrogen and oxygen atoms in total. The van der Waals surface area contributed by atoms with E-state index in [1.165, 1.54) is 6.92 Å². The van der Waals surface area contributed by atoms with Crippen molar-refractivity contribution in [3.05, 3.63) is 0 Å². The lowest BCUT2D eigenvalue weighted by Crippen LogP contribution is -2.35. The molecule has 15 heteroatoms. The average Bonchev–Trinajstić information content (AvgIpc) is 3.19. The third-order valence-electron chi connectivity index (χ3n) is 3.08. The fourth-order valence-electron chi connectivity index (χ4n) is 1.72. The number of amides is 4. The van der Waals surface area contributed by atoms with Gasteiger partial charge in [0.25, 0.3) is 23.6 Å². The molecule has 2 rings (SSSR count). The Morgan fingerprint density at radius 3 is 1.45 bits per heavy atom. The van der Waals surface area contributed by atoms with Crippen LogP contribution >= 0.6 is 11.6 Å². The number of hydrogen-bond acceptors (Lipinski definition) is 12. The van der Waals surface area contributed by atoms with E-state index in [-0.39, 0.29) is 44.0 Å². The molecule has 0 aromatic carbocycles. The SMILES string of the molecule is CCOC(=O)C(=O)Cl.CCOC(=O)C(=O)ON1C(=O)CCC1=O.O=C1CCC(=O)N1O. The van der Waals surface area contributed by atoms with Gasteiger partial charge in [0.05, 0.1) is 13.2 Å². The molecule has 0 spiro atoms. The molecule has 0 unspecified atom stereocenters. The molecule has 0 aromatic heterocycles. The minimum Gasteiger partial charge on any atom is -0.459 e. The minimum absolute atomic E-state index is 0.00975. The average molecular weight is 467 g/mol. The highest BCUT2D eigenvalue weighted by molar-refractivity contribution is 6.80. The van der Waals surface area contributed by atoms with E-state index in [1.807, 2.05) is 0 Å². The van der Waals surface area contributed by atoms with Crippen molar-refractivity contribution < 1.29 is 57.9 Å². The fraction of sp³-hybridized carbons (Fsp3) is 0.500. The second-order valence-electron chi connectivity index (χ2n) is 5.27. The van der Waals surface area contributed by atoms with Crippen LogP contribution in [0.5, 0.6) is 0 Å². The molecule has 172 valence electrons. The van der Waals surface area contributed by atoms with Gasteiger partial charge in [-0.2, -0.15) is 5.06 Å². The second-order valence-corrected chi connectivity index (χ2v) is 5.62. The Kier molecular flexibility index (Phi) is 12.3. The lowest BCUT2D eigenvalue weighted by molar-refractivity contribution is -0.202. The van der Waals surface area contributed by atoms with Gasteiger partial charge in [0.2, 0.25) is 0 Å². The van der Waals surface area contributed by atoms with E-state index in [0.29, 0.717) is 5.06 Å². The minimum atomic E-state index is -1.37. The quantitative estimate of drug-likeness (QED) is 0.175. The number of carbonyl (C=O) groups is 8. The molecular weight excluding hydrogens is 448 g/mol. The van der Waals surface area contributed by atoms with Gasteiger partial charge in [-0.25, -0.2) is 14.4 Å². The first-order chi connectivity index (χ1) is 14.5. The van der Waals surface area contributed by atoms with Crippen LogP contribution in [-0.4, -0.2) is 75.3 Å². The van der Waals surface area contributed by atoms with Crippen molar-refractivity contribution in [2.45, 2.75) is 39.5 Å². The van der Waals surface area contributed by atoms with E-state index < -0.39 is 46.8 Å². The summed E-state index contributed by atoms with van der Waals surface area (Å²) in [5.41, 5.74) is 0. The zero-order valence-electron chi connectivity index (χ0n) is 16.5. The molecule has 2 saturated heterocycles. The van der Waals surface area contributed by atoms with Gasteiger partial charge >= 0.3 is 23.2 Å². The van der Waals surface area contributed by atoms with Crippen LogP contribution in [0.25, 0.3) is 0 Å². The summed E-state index contributed by atoms with van der Waals surface area (Å²) < 4.78 is 8.50. The standard InChI is InChI=1S/C8H9NO6.C4H5ClO3.C4H5NO3/c1-2-14-7(12)8(13)15-9-5(10)3-4-6(9)11;1-2-8-4(7)3(5)6;6-3-1-2-4(7)5(3)8/h2-4H2,1H3;2H2,1H3;8H,1-2H2. The lowest BCUT2D eigenvalue weighted by atomic mass is 10.4. The summed E-state index contributed by atoms with van der Waals surface area (Å²) in [6, 6.07) is 0. The largest absolute Gasteiger partial charge is 0.459 e. The van der Waals surface area contributed by atoms with Gasteiger partial charge in [-0.15, -0.1) is 5.06 Å². The van der Waals surface area contributed by atoms with Crippen LogP contribution in [-0.2, 0) is 52.7 Å². The first-order valence-corrected chi connectivity index (χ1v) is 9.00. The first-order valence-electron chi connectivity index (χ1n) is 8.62. The van der Waals surface area contributed by atoms with Gasteiger partial charge in [-0.1, -0.05) is 0 Å². The van der Waals surface area contributed by atoms with E-state index in [9.17, 15) is 38.4 Å². The number of hydroxylamine groups is 4. The maximum Gasteiger partial charge on any atom is 0.442 e. The van der Waals surface area contributed by atoms with Crippen molar-refractivity contribution in [2.75, 3.05) is 13.2 Å². The van der Waals surface area contributed by atoms with E-state index >= 15 is 0 Å². The highest BCUT2D eigenvalue weighted by Crippen LogP contribution is 2.12. The van der Waals surface area contributed by atoms with E-state index in [0.717, 1.165) is 0 Å². The summed E-state index contributed by atoms with van der Waals surface area (Å²) in [6.07, 6.45) is 0.258. The Bertz CT molecular complexity index is 734. The van der Waals surface area contributed by atoms with Crippen LogP contribution in [0.4, 0.5) is 0 Å². The van der Waals surface area contributed by atoms with Crippen molar-refractivity contribution in [3.8, 4) is 0 Å². The van der Waals surface area contributed by atoms with Crippen LogP contribution in [0.1, 0.15) is 39.5 Å². The number of esters is 2. The van der Waals surface area contributed by atoms with Gasteiger partial charge in [0.1, 0.15) is 0 Å². The van der Waals surface area contributed by atoms with Crippen LogP contribution in [0.15, 0.2) is 0 Å². The maximum absolute atomic E-state index is 11.0. The Hall–Kier alpha value is -3.39. The molecule has 0 radical (unpaired) electrons. The molecule has 0 bridgehead atoms. The molecular formula is C16H19ClN2O12. The van der Waals surface area contributed by atoms with Crippen LogP contribution in [0.2, 0.25) is 0 Å². The third-order valence-corrected chi connectivity index (χ3v) is 3.24. The van der Waals surface area contributed by atoms with Gasteiger partial charge < -0.3 is 14.3 Å². The zero-order chi connectivity index (χ0) is 24.1. The van der Waals surface area contributed by atoms with Crippen LogP contribution in [0.3, 0.4) is 0 Å². The summed E-state index contributed by atoms with van der Waals surface area (Å²) in [7, 11) is 0. The van der Waals surface area contributed by atoms with Crippen molar-refractivity contribution >= 4 is 58.4 Å². The highest BCUT2D eigenvalue weighted by atomic mass is 35.5. The van der Waals surface area contributed by atoms with Crippen molar-refractivity contribution in [3.63, 3.8) is 0 Å². The summed E-state index contributed by atoms with van der Waals surface area (Å²) in [6.45, 7) is 3.29. The zero-order valence-corrected chi connectivity index (χ0v) is 17.2. The Morgan fingerprint density at radius 2 is 1.16 bits per heavy atom. The van der Waals surface area contributed by atoms with Crippen molar-refractivity contribution in [1.29, 1.82) is 0 Å². The molecule has 2 heterocycles. The Morgan fingerprint density at radius 1 is 0.774 bits per heavy atom. The molecule has 4 amide bonds. The van der Waals surface area contributed by atoms with Crippen LogP contribution < -0.4 is 0 Å². The van der Waals surface area contributed by atoms with Crippen molar-refractivity contribution in [1.82, 2.24) is 10.1 Å². The number of imide groups is 2. The number of halogens is 1. The predicted octanol–water partition coefficient (Wildman–Crippen LogP) is -1.00. The normalized spacial score (nSPS) is 14.8. The maximum atomic E-state index is 11.0. The Balaban J connectivity index is 0.000000477. The van der Waals surface area contributed by atoms with Gasteiger partial charge in [-0.05, 0) is 25.4 Å². The molecule has 31 heavy (non-hydrogen) atoms. The Labute approximate surface area is 179 Å². The predicted molar refractivity (Wildman–Crippen MR) is 94.2 cm³/mol. The number of rotatable bonds is 4. The number of carbonyl (C=O) groups excluding carboxylic acids is 8. The third kappa shape index (κ3) is 9.77. The van der Waals surface area contributed by atoms with E-state index in [1.54, 1.807) is 6.92 Å². The van der Waals surface area contributed by atoms with E-state index in [4.69, 9.17) is 16.8 Å². The highest BCUT2D eigenvalue weighted by Gasteiger charge is 2.35. The monoisotopic (exact) mass is 466 g/mol. The molecule has 0 aromatic rings. The molecule has 0 saturated carbocycles. The fourth-order valence-corrected chi connectivity index (χ4v) is 1.78. The number of ether oxygens (including phenoxy) is 2. The molecule has 2 aliphatic rings. The molecule has 0 aliphatic carbocycles. The molecule has 1 N–H and O–H groups in total. The number of hydrogen-bond donors (Lipinski definition) is 1. The lowest BCUT2D eigenvalue weighted by Gasteiger charge is -2.11. The summed E-state index contributed by atoms with van der Waals surface area (Å²) in [5.74, 6) is -5.89. The summed E-state index contributed by atoms with van der Waals surface area (Å²) in [5, 5.41) is 7.78.